The fourth-order valence-electron chi connectivity index (χ4n) is 2.12. The molecule has 1 saturated carbocycles. The highest BCUT2D eigenvalue weighted by molar-refractivity contribution is 6.30. The first-order valence-electron chi connectivity index (χ1n) is 6.29. The van der Waals surface area contributed by atoms with E-state index in [-0.39, 0.29) is 5.91 Å². The Bertz CT molecular complexity index is 453. The average Bonchev–Trinajstić information content (AvgIpc) is 2.38. The molecule has 0 saturated heterocycles. The number of nitrogens with one attached hydrogen (secondary N) is 1. The fraction of sp³-hybridized carbons (Fsp3) is 0.429. The molecule has 0 aromatic heterocycles. The van der Waals surface area contributed by atoms with Crippen LogP contribution in [-0.2, 0) is 0 Å². The maximum absolute atomic E-state index is 11.8. The van der Waals surface area contributed by atoms with Gasteiger partial charge in [-0.1, -0.05) is 24.9 Å². The normalized spacial score (nSPS) is 21.9. The first kappa shape index (κ1) is 13.1. The van der Waals surface area contributed by atoms with E-state index in [0.717, 1.165) is 18.6 Å². The van der Waals surface area contributed by atoms with Gasteiger partial charge in [0.15, 0.2) is 0 Å². The molecule has 1 N–H and O–H groups in total. The van der Waals surface area contributed by atoms with Crippen LogP contribution in [0, 0.1) is 5.92 Å². The molecule has 1 aromatic carbocycles. The minimum absolute atomic E-state index is 0.183. The van der Waals surface area contributed by atoms with Crippen molar-refractivity contribution >= 4 is 23.2 Å². The number of halogens is 1. The highest BCUT2D eigenvalue weighted by Gasteiger charge is 2.16. The molecule has 1 aliphatic carbocycles. The van der Waals surface area contributed by atoms with E-state index >= 15 is 0 Å². The van der Waals surface area contributed by atoms with Crippen molar-refractivity contribution in [3.8, 4) is 0 Å². The summed E-state index contributed by atoms with van der Waals surface area (Å²) in [7, 11) is 0. The lowest BCUT2D eigenvalue weighted by molar-refractivity contribution is 0.0954. The van der Waals surface area contributed by atoms with Crippen LogP contribution in [0.15, 0.2) is 29.4 Å². The van der Waals surface area contributed by atoms with Crippen LogP contribution < -0.4 is 5.43 Å². The molecule has 3 nitrogen and oxygen atoms in total. The van der Waals surface area contributed by atoms with Crippen molar-refractivity contribution in [2.75, 3.05) is 0 Å². The van der Waals surface area contributed by atoms with Crippen LogP contribution in [0.5, 0.6) is 0 Å². The van der Waals surface area contributed by atoms with Crippen LogP contribution in [0.25, 0.3) is 0 Å². The minimum Gasteiger partial charge on any atom is -0.267 e. The number of hydrogen-bond donors (Lipinski definition) is 1. The molecule has 1 atom stereocenters. The lowest BCUT2D eigenvalue weighted by atomic mass is 9.89. The summed E-state index contributed by atoms with van der Waals surface area (Å²) in [5, 5.41) is 4.87. The maximum Gasteiger partial charge on any atom is 0.271 e. The molecule has 4 heteroatoms. The second-order valence-electron chi connectivity index (χ2n) is 4.70. The van der Waals surface area contributed by atoms with Crippen molar-refractivity contribution in [1.82, 2.24) is 5.43 Å². The van der Waals surface area contributed by atoms with Crippen LogP contribution >= 0.6 is 11.6 Å². The van der Waals surface area contributed by atoms with Gasteiger partial charge in [-0.2, -0.15) is 5.10 Å². The summed E-state index contributed by atoms with van der Waals surface area (Å²) in [4.78, 5) is 11.8. The third-order valence-corrected chi connectivity index (χ3v) is 3.55. The van der Waals surface area contributed by atoms with Crippen molar-refractivity contribution < 1.29 is 4.79 Å². The Hall–Kier alpha value is -1.35. The maximum atomic E-state index is 11.8. The Kier molecular flexibility index (Phi) is 4.37. The number of carbonyl (C=O) groups excluding carboxylic acids is 1. The van der Waals surface area contributed by atoms with Crippen LogP contribution in [0.4, 0.5) is 0 Å². The molecule has 1 aliphatic rings. The number of rotatable bonds is 2. The predicted molar refractivity (Wildman–Crippen MR) is 74.0 cm³/mol. The van der Waals surface area contributed by atoms with Gasteiger partial charge in [0.05, 0.1) is 0 Å². The van der Waals surface area contributed by atoms with E-state index in [1.165, 1.54) is 12.8 Å². The zero-order valence-electron chi connectivity index (χ0n) is 10.4. The van der Waals surface area contributed by atoms with Gasteiger partial charge < -0.3 is 0 Å². The van der Waals surface area contributed by atoms with Gasteiger partial charge >= 0.3 is 0 Å². The predicted octanol–water partition coefficient (Wildman–Crippen LogP) is 3.64. The monoisotopic (exact) mass is 264 g/mol. The second kappa shape index (κ2) is 6.01. The number of carbonyl (C=O) groups is 1. The van der Waals surface area contributed by atoms with E-state index in [0.29, 0.717) is 16.5 Å². The summed E-state index contributed by atoms with van der Waals surface area (Å²) < 4.78 is 0. The number of hydrazone groups is 1. The van der Waals surface area contributed by atoms with Gasteiger partial charge in [0.1, 0.15) is 0 Å². The fourth-order valence-corrected chi connectivity index (χ4v) is 2.25. The Balaban J connectivity index is 1.99. The van der Waals surface area contributed by atoms with Crippen LogP contribution in [-0.4, -0.2) is 11.6 Å². The molecule has 0 spiro atoms. The van der Waals surface area contributed by atoms with E-state index < -0.39 is 0 Å². The van der Waals surface area contributed by atoms with Gasteiger partial charge in [-0.15, -0.1) is 0 Å². The standard InChI is InChI=1S/C14H17ClN2O/c1-10-4-2-3-5-13(10)16-17-14(18)11-6-8-12(15)9-7-11/h6-10H,2-5H2,1H3,(H,17,18)/b16-13-/t10-/m0/s1. The van der Waals surface area contributed by atoms with Crippen molar-refractivity contribution in [1.29, 1.82) is 0 Å². The van der Waals surface area contributed by atoms with Gasteiger partial charge in [-0.05, 0) is 49.4 Å². The van der Waals surface area contributed by atoms with E-state index in [2.05, 4.69) is 17.5 Å². The Morgan fingerprint density at radius 1 is 1.33 bits per heavy atom. The van der Waals surface area contributed by atoms with Crippen molar-refractivity contribution in [3.05, 3.63) is 34.9 Å². The SMILES string of the molecule is C[C@H]1CCCC/C1=N/NC(=O)c1ccc(Cl)cc1. The first-order valence-corrected chi connectivity index (χ1v) is 6.67. The summed E-state index contributed by atoms with van der Waals surface area (Å²) in [6, 6.07) is 6.80. The highest BCUT2D eigenvalue weighted by Crippen LogP contribution is 2.20. The highest BCUT2D eigenvalue weighted by atomic mass is 35.5. The van der Waals surface area contributed by atoms with Crippen LogP contribution in [0.2, 0.25) is 5.02 Å². The third-order valence-electron chi connectivity index (χ3n) is 3.30. The van der Waals surface area contributed by atoms with Gasteiger partial charge in [0.2, 0.25) is 0 Å². The first-order chi connectivity index (χ1) is 8.66. The summed E-state index contributed by atoms with van der Waals surface area (Å²) in [5.41, 5.74) is 4.30. The molecule has 0 heterocycles. The van der Waals surface area contributed by atoms with Crippen molar-refractivity contribution in [2.45, 2.75) is 32.6 Å². The molecule has 2 rings (SSSR count). The molecule has 0 radical (unpaired) electrons. The molecular formula is C14H17ClN2O. The molecule has 96 valence electrons. The van der Waals surface area contributed by atoms with E-state index in [9.17, 15) is 4.79 Å². The third kappa shape index (κ3) is 3.33. The number of benzene rings is 1. The number of hydrogen-bond acceptors (Lipinski definition) is 2. The Morgan fingerprint density at radius 2 is 2.06 bits per heavy atom. The van der Waals surface area contributed by atoms with E-state index in [1.54, 1.807) is 24.3 Å². The largest absolute Gasteiger partial charge is 0.271 e. The number of nitrogens with zero attached hydrogens (tertiary/aromatic N) is 1. The average molecular weight is 265 g/mol. The topological polar surface area (TPSA) is 41.5 Å². The van der Waals surface area contributed by atoms with Gasteiger partial charge in [-0.3, -0.25) is 4.79 Å². The van der Waals surface area contributed by atoms with Crippen molar-refractivity contribution in [3.63, 3.8) is 0 Å². The lowest BCUT2D eigenvalue weighted by Crippen LogP contribution is -2.24. The van der Waals surface area contributed by atoms with Crippen molar-refractivity contribution in [2.24, 2.45) is 11.0 Å². The smallest absolute Gasteiger partial charge is 0.267 e. The summed E-state index contributed by atoms with van der Waals surface area (Å²) in [6.07, 6.45) is 4.57. The van der Waals surface area contributed by atoms with Crippen LogP contribution in [0.1, 0.15) is 43.0 Å². The minimum atomic E-state index is -0.183. The molecule has 1 aromatic rings. The number of amides is 1. The van der Waals surface area contributed by atoms with Gasteiger partial charge in [0, 0.05) is 16.3 Å². The van der Waals surface area contributed by atoms with E-state index in [1.807, 2.05) is 0 Å². The molecule has 18 heavy (non-hydrogen) atoms. The molecule has 1 amide bonds. The molecule has 0 bridgehead atoms. The molecule has 0 aliphatic heterocycles. The summed E-state index contributed by atoms with van der Waals surface area (Å²) in [5.74, 6) is 0.293. The Labute approximate surface area is 112 Å². The molecule has 1 fully saturated rings. The molecule has 0 unspecified atom stereocenters. The second-order valence-corrected chi connectivity index (χ2v) is 5.13. The summed E-state index contributed by atoms with van der Waals surface area (Å²) in [6.45, 7) is 2.16. The van der Waals surface area contributed by atoms with Gasteiger partial charge in [-0.25, -0.2) is 5.43 Å². The lowest BCUT2D eigenvalue weighted by Gasteiger charge is -2.19. The van der Waals surface area contributed by atoms with Crippen LogP contribution in [0.3, 0.4) is 0 Å². The zero-order chi connectivity index (χ0) is 13.0. The quantitative estimate of drug-likeness (QED) is 0.814. The molecular weight excluding hydrogens is 248 g/mol. The summed E-state index contributed by atoms with van der Waals surface area (Å²) >= 11 is 5.78. The van der Waals surface area contributed by atoms with Gasteiger partial charge in [0.25, 0.3) is 5.91 Å². The Morgan fingerprint density at radius 3 is 2.72 bits per heavy atom. The zero-order valence-corrected chi connectivity index (χ0v) is 11.2. The van der Waals surface area contributed by atoms with E-state index in [4.69, 9.17) is 11.6 Å².